The summed E-state index contributed by atoms with van der Waals surface area (Å²) >= 11 is 0. The summed E-state index contributed by atoms with van der Waals surface area (Å²) in [6, 6.07) is 10.7. The highest BCUT2D eigenvalue weighted by atomic mass is 16.6. The van der Waals surface area contributed by atoms with E-state index in [1.165, 1.54) is 19.1 Å². The maximum Gasteiger partial charge on any atom is 0.312 e. The van der Waals surface area contributed by atoms with Crippen LogP contribution in [-0.2, 0) is 11.2 Å². The van der Waals surface area contributed by atoms with Crippen LogP contribution in [-0.4, -0.2) is 16.6 Å². The van der Waals surface area contributed by atoms with E-state index in [4.69, 9.17) is 10.5 Å². The Labute approximate surface area is 138 Å². The lowest BCUT2D eigenvalue weighted by Crippen LogP contribution is -2.11. The van der Waals surface area contributed by atoms with Crippen molar-refractivity contribution in [3.8, 4) is 11.5 Å². The molecule has 2 rings (SSSR count). The minimum atomic E-state index is -0.750. The van der Waals surface area contributed by atoms with Crippen molar-refractivity contribution in [3.63, 3.8) is 0 Å². The Hall–Kier alpha value is -3.22. The lowest BCUT2D eigenvalue weighted by molar-refractivity contribution is -0.385. The molecular formula is C17H16N2O5. The molecule has 24 heavy (non-hydrogen) atoms. The number of amides is 1. The van der Waals surface area contributed by atoms with Crippen LogP contribution in [0.3, 0.4) is 0 Å². The molecule has 0 spiro atoms. The molecule has 7 heteroatoms. The minimum absolute atomic E-state index is 0.0153. The fourth-order valence-corrected chi connectivity index (χ4v) is 2.07. The number of primary amides is 1. The summed E-state index contributed by atoms with van der Waals surface area (Å²) in [7, 11) is 0. The number of ether oxygens (including phenoxy) is 1. The van der Waals surface area contributed by atoms with Crippen molar-refractivity contribution in [1.29, 1.82) is 0 Å². The Balaban J connectivity index is 2.19. The predicted molar refractivity (Wildman–Crippen MR) is 87.1 cm³/mol. The molecule has 7 nitrogen and oxygen atoms in total. The van der Waals surface area contributed by atoms with Gasteiger partial charge in [0.05, 0.1) is 4.92 Å². The van der Waals surface area contributed by atoms with Crippen LogP contribution in [0.1, 0.15) is 29.3 Å². The van der Waals surface area contributed by atoms with Crippen LogP contribution in [0.25, 0.3) is 0 Å². The molecule has 0 atom stereocenters. The Morgan fingerprint density at radius 2 is 1.83 bits per heavy atom. The number of benzene rings is 2. The van der Waals surface area contributed by atoms with E-state index in [0.29, 0.717) is 18.6 Å². The van der Waals surface area contributed by atoms with Gasteiger partial charge in [-0.15, -0.1) is 0 Å². The second-order valence-corrected chi connectivity index (χ2v) is 5.25. The average molecular weight is 328 g/mol. The van der Waals surface area contributed by atoms with Gasteiger partial charge in [-0.05, 0) is 43.2 Å². The monoisotopic (exact) mass is 328 g/mol. The van der Waals surface area contributed by atoms with Gasteiger partial charge in [0.1, 0.15) is 11.5 Å². The Bertz CT molecular complexity index is 784. The quantitative estimate of drug-likeness (QED) is 0.620. The minimum Gasteiger partial charge on any atom is -0.450 e. The van der Waals surface area contributed by atoms with Crippen molar-refractivity contribution < 1.29 is 19.2 Å². The van der Waals surface area contributed by atoms with Crippen LogP contribution in [0.4, 0.5) is 5.69 Å². The molecule has 0 bridgehead atoms. The van der Waals surface area contributed by atoms with Gasteiger partial charge in [0, 0.05) is 18.1 Å². The second kappa shape index (κ2) is 7.36. The third-order valence-corrected chi connectivity index (χ3v) is 3.36. The van der Waals surface area contributed by atoms with Gasteiger partial charge in [-0.1, -0.05) is 12.1 Å². The summed E-state index contributed by atoms with van der Waals surface area (Å²) in [5.41, 5.74) is 5.79. The molecule has 0 fully saturated rings. The lowest BCUT2D eigenvalue weighted by atomic mass is 10.1. The fraction of sp³-hybridized carbons (Fsp3) is 0.176. The SMILES string of the molecule is CC(=O)CCc1ccc(Oc2ccc(C(N)=O)cc2[N+](=O)[O-])cc1. The molecule has 0 saturated heterocycles. The first-order chi connectivity index (χ1) is 11.4. The number of carbonyl (C=O) groups is 2. The van der Waals surface area contributed by atoms with Crippen LogP contribution in [0.5, 0.6) is 11.5 Å². The molecule has 1 amide bonds. The van der Waals surface area contributed by atoms with Crippen LogP contribution >= 0.6 is 0 Å². The van der Waals surface area contributed by atoms with Gasteiger partial charge in [-0.2, -0.15) is 0 Å². The van der Waals surface area contributed by atoms with Gasteiger partial charge in [0.25, 0.3) is 0 Å². The maximum absolute atomic E-state index is 11.1. The number of hydrogen-bond acceptors (Lipinski definition) is 5. The number of hydrogen-bond donors (Lipinski definition) is 1. The zero-order valence-electron chi connectivity index (χ0n) is 13.0. The summed E-state index contributed by atoms with van der Waals surface area (Å²) in [6.45, 7) is 1.53. The third kappa shape index (κ3) is 4.39. The molecule has 2 N–H and O–H groups in total. The normalized spacial score (nSPS) is 10.2. The Kier molecular flexibility index (Phi) is 5.26. The molecular weight excluding hydrogens is 312 g/mol. The van der Waals surface area contributed by atoms with Crippen LogP contribution < -0.4 is 10.5 Å². The van der Waals surface area contributed by atoms with Crippen molar-refractivity contribution in [2.24, 2.45) is 5.73 Å². The molecule has 2 aromatic carbocycles. The average Bonchev–Trinajstić information content (AvgIpc) is 2.54. The third-order valence-electron chi connectivity index (χ3n) is 3.36. The highest BCUT2D eigenvalue weighted by Crippen LogP contribution is 2.32. The molecule has 124 valence electrons. The van der Waals surface area contributed by atoms with Crippen LogP contribution in [0, 0.1) is 10.1 Å². The second-order valence-electron chi connectivity index (χ2n) is 5.25. The zero-order valence-corrected chi connectivity index (χ0v) is 13.0. The lowest BCUT2D eigenvalue weighted by Gasteiger charge is -2.08. The number of nitrogens with two attached hydrogens (primary N) is 1. The summed E-state index contributed by atoms with van der Waals surface area (Å²) < 4.78 is 5.53. The first-order valence-electron chi connectivity index (χ1n) is 7.21. The first kappa shape index (κ1) is 17.1. The molecule has 0 aliphatic heterocycles. The highest BCUT2D eigenvalue weighted by molar-refractivity contribution is 5.93. The standard InChI is InChI=1S/C17H16N2O5/c1-11(20)2-3-12-4-7-14(8-5-12)24-16-9-6-13(17(18)21)10-15(16)19(22)23/h4-10H,2-3H2,1H3,(H2,18,21). The van der Waals surface area contributed by atoms with Crippen LogP contribution in [0.2, 0.25) is 0 Å². The Morgan fingerprint density at radius 1 is 1.17 bits per heavy atom. The van der Waals surface area contributed by atoms with Gasteiger partial charge in [0.15, 0.2) is 0 Å². The summed E-state index contributed by atoms with van der Waals surface area (Å²) in [6.07, 6.45) is 1.09. The fourth-order valence-electron chi connectivity index (χ4n) is 2.07. The van der Waals surface area contributed by atoms with E-state index in [1.807, 2.05) is 0 Å². The van der Waals surface area contributed by atoms with Crippen molar-refractivity contribution in [2.75, 3.05) is 0 Å². The largest absolute Gasteiger partial charge is 0.450 e. The van der Waals surface area contributed by atoms with E-state index in [0.717, 1.165) is 11.6 Å². The number of carbonyl (C=O) groups excluding carboxylic acids is 2. The topological polar surface area (TPSA) is 113 Å². The molecule has 0 unspecified atom stereocenters. The van der Waals surface area contributed by atoms with Crippen molar-refractivity contribution in [2.45, 2.75) is 19.8 Å². The molecule has 0 radical (unpaired) electrons. The Morgan fingerprint density at radius 3 is 2.38 bits per heavy atom. The summed E-state index contributed by atoms with van der Waals surface area (Å²) in [4.78, 5) is 32.6. The van der Waals surface area contributed by atoms with Crippen LogP contribution in [0.15, 0.2) is 42.5 Å². The van der Waals surface area contributed by atoms with Crippen molar-refractivity contribution in [3.05, 3.63) is 63.7 Å². The van der Waals surface area contributed by atoms with Gasteiger partial charge < -0.3 is 15.3 Å². The number of nitro benzene ring substituents is 1. The molecule has 0 saturated carbocycles. The van der Waals surface area contributed by atoms with E-state index in [1.54, 1.807) is 24.3 Å². The van der Waals surface area contributed by atoms with E-state index < -0.39 is 10.8 Å². The summed E-state index contributed by atoms with van der Waals surface area (Å²) in [5, 5.41) is 11.1. The molecule has 0 heterocycles. The van der Waals surface area contributed by atoms with E-state index in [2.05, 4.69) is 0 Å². The van der Waals surface area contributed by atoms with E-state index in [-0.39, 0.29) is 22.8 Å². The molecule has 0 aliphatic carbocycles. The van der Waals surface area contributed by atoms with Gasteiger partial charge in [-0.3, -0.25) is 14.9 Å². The molecule has 2 aromatic rings. The highest BCUT2D eigenvalue weighted by Gasteiger charge is 2.18. The number of ketones is 1. The summed E-state index contributed by atoms with van der Waals surface area (Å²) in [5.74, 6) is -0.210. The number of rotatable bonds is 7. The van der Waals surface area contributed by atoms with Gasteiger partial charge in [-0.25, -0.2) is 0 Å². The number of nitro groups is 1. The van der Waals surface area contributed by atoms with E-state index in [9.17, 15) is 19.7 Å². The maximum atomic E-state index is 11.1. The first-order valence-corrected chi connectivity index (χ1v) is 7.21. The van der Waals surface area contributed by atoms with Gasteiger partial charge >= 0.3 is 5.69 Å². The number of aryl methyl sites for hydroxylation is 1. The molecule has 0 aromatic heterocycles. The predicted octanol–water partition coefficient (Wildman–Crippen LogP) is 3.01. The smallest absolute Gasteiger partial charge is 0.312 e. The van der Waals surface area contributed by atoms with Crippen molar-refractivity contribution >= 4 is 17.4 Å². The zero-order chi connectivity index (χ0) is 17.7. The number of nitrogens with zero attached hydrogens (tertiary/aromatic N) is 1. The van der Waals surface area contributed by atoms with Gasteiger partial charge in [0.2, 0.25) is 11.7 Å². The van der Waals surface area contributed by atoms with Crippen molar-refractivity contribution in [1.82, 2.24) is 0 Å². The number of Topliss-reactive ketones (excluding diaryl/α,β-unsaturated/α-hetero) is 1. The molecule has 0 aliphatic rings. The van der Waals surface area contributed by atoms with E-state index >= 15 is 0 Å².